The Bertz CT molecular complexity index is 933. The van der Waals surface area contributed by atoms with Crippen molar-refractivity contribution in [3.05, 3.63) is 24.0 Å². The third-order valence-electron chi connectivity index (χ3n) is 5.34. The summed E-state index contributed by atoms with van der Waals surface area (Å²) in [5, 5.41) is 3.38. The van der Waals surface area contributed by atoms with Crippen LogP contribution in [0.2, 0.25) is 0 Å². The fourth-order valence-electron chi connectivity index (χ4n) is 3.60. The summed E-state index contributed by atoms with van der Waals surface area (Å²) in [6.45, 7) is 2.16. The van der Waals surface area contributed by atoms with Crippen molar-refractivity contribution >= 4 is 27.0 Å². The molecule has 3 rings (SSSR count). The molecule has 0 amide bonds. The zero-order chi connectivity index (χ0) is 20.1. The number of carbonyl (C=O) groups excluding carboxylic acids is 1. The molecule has 0 atom stereocenters. The second-order valence-electron chi connectivity index (χ2n) is 7.19. The smallest absolute Gasteiger partial charge is 0.306 e. The van der Waals surface area contributed by atoms with Crippen molar-refractivity contribution in [2.75, 3.05) is 26.7 Å². The highest BCUT2D eigenvalue weighted by Crippen LogP contribution is 2.23. The molecule has 8 nitrogen and oxygen atoms in total. The van der Waals surface area contributed by atoms with Gasteiger partial charge in [0.25, 0.3) is 0 Å². The highest BCUT2D eigenvalue weighted by Gasteiger charge is 2.18. The number of hydrogen-bond acceptors (Lipinski definition) is 6. The molecule has 1 aromatic heterocycles. The van der Waals surface area contributed by atoms with Crippen molar-refractivity contribution in [2.45, 2.75) is 37.0 Å². The third kappa shape index (κ3) is 4.89. The lowest BCUT2D eigenvalue weighted by Gasteiger charge is -2.22. The van der Waals surface area contributed by atoms with E-state index >= 15 is 0 Å². The van der Waals surface area contributed by atoms with Gasteiger partial charge < -0.3 is 14.6 Å². The maximum absolute atomic E-state index is 12.5. The highest BCUT2D eigenvalue weighted by atomic mass is 32.2. The van der Waals surface area contributed by atoms with E-state index in [2.05, 4.69) is 19.8 Å². The quantitative estimate of drug-likeness (QED) is 0.639. The predicted octanol–water partition coefficient (Wildman–Crippen LogP) is 1.35. The molecular weight excluding hydrogens is 380 g/mol. The van der Waals surface area contributed by atoms with Gasteiger partial charge in [-0.15, -0.1) is 0 Å². The van der Waals surface area contributed by atoms with E-state index in [0.717, 1.165) is 43.2 Å². The number of nitrogens with zero attached hydrogens (tertiary/aromatic N) is 2. The van der Waals surface area contributed by atoms with E-state index in [1.54, 1.807) is 18.2 Å². The van der Waals surface area contributed by atoms with E-state index in [1.165, 1.54) is 20.0 Å². The number of carbonyl (C=O) groups is 1. The zero-order valence-corrected chi connectivity index (χ0v) is 17.2. The Morgan fingerprint density at radius 1 is 1.36 bits per heavy atom. The zero-order valence-electron chi connectivity index (χ0n) is 16.4. The number of ether oxygens (including phenoxy) is 1. The van der Waals surface area contributed by atoms with Crippen molar-refractivity contribution in [3.63, 3.8) is 0 Å². The largest absolute Gasteiger partial charge is 0.469 e. The van der Waals surface area contributed by atoms with Crippen LogP contribution in [0.1, 0.15) is 31.5 Å². The lowest BCUT2D eigenvalue weighted by molar-refractivity contribution is -0.140. The normalized spacial score (nSPS) is 15.8. The Hall–Kier alpha value is -1.97. The van der Waals surface area contributed by atoms with Gasteiger partial charge in [-0.2, -0.15) is 0 Å². The predicted molar refractivity (Wildman–Crippen MR) is 106 cm³/mol. The number of nitrogens with one attached hydrogen (secondary N) is 2. The van der Waals surface area contributed by atoms with Gasteiger partial charge in [-0.05, 0) is 56.5 Å². The number of piperidine rings is 1. The van der Waals surface area contributed by atoms with Gasteiger partial charge >= 0.3 is 5.97 Å². The van der Waals surface area contributed by atoms with E-state index in [4.69, 9.17) is 0 Å². The van der Waals surface area contributed by atoms with E-state index in [1.807, 2.05) is 11.6 Å². The summed E-state index contributed by atoms with van der Waals surface area (Å²) in [5.41, 5.74) is 1.58. The Balaban J connectivity index is 1.71. The lowest BCUT2D eigenvalue weighted by atomic mass is 9.93. The van der Waals surface area contributed by atoms with Gasteiger partial charge in [0.2, 0.25) is 10.0 Å². The topological polar surface area (TPSA) is 102 Å². The number of methoxy groups -OCH3 is 1. The Labute approximate surface area is 165 Å². The van der Waals surface area contributed by atoms with Crippen LogP contribution in [-0.2, 0) is 33.0 Å². The third-order valence-corrected chi connectivity index (χ3v) is 6.80. The minimum absolute atomic E-state index is 0.00322. The number of rotatable bonds is 8. The molecular formula is C19H28N4O4S. The maximum atomic E-state index is 12.5. The number of hydrogen-bond donors (Lipinski definition) is 2. The van der Waals surface area contributed by atoms with Crippen LogP contribution in [0.4, 0.5) is 0 Å². The van der Waals surface area contributed by atoms with Gasteiger partial charge in [0, 0.05) is 20.0 Å². The molecule has 0 unspecified atom stereocenters. The van der Waals surface area contributed by atoms with Crippen molar-refractivity contribution < 1.29 is 17.9 Å². The van der Waals surface area contributed by atoms with E-state index < -0.39 is 16.0 Å². The molecule has 28 heavy (non-hydrogen) atoms. The summed E-state index contributed by atoms with van der Waals surface area (Å²) in [7, 11) is -0.462. The molecule has 1 fully saturated rings. The number of aryl methyl sites for hydroxylation is 2. The lowest BCUT2D eigenvalue weighted by Crippen LogP contribution is -2.28. The van der Waals surface area contributed by atoms with Gasteiger partial charge in [0.15, 0.2) is 0 Å². The number of imidazole rings is 1. The number of sulfonamides is 1. The molecule has 0 spiro atoms. The molecule has 2 aromatic rings. The first-order chi connectivity index (χ1) is 13.4. The average Bonchev–Trinajstić information content (AvgIpc) is 3.02. The van der Waals surface area contributed by atoms with Crippen LogP contribution in [0.25, 0.3) is 11.0 Å². The molecule has 1 aliphatic rings. The first-order valence-electron chi connectivity index (χ1n) is 9.63. The standard InChI is InChI=1S/C19H28N4O4S/c1-23-17-5-4-15(28(25,26)21-12-9-19(24)27-2)13-16(17)22-18(23)6-3-14-7-10-20-11-8-14/h4-5,13-14,20-21H,3,6-12H2,1-2H3. The van der Waals surface area contributed by atoms with Crippen molar-refractivity contribution in [3.8, 4) is 0 Å². The monoisotopic (exact) mass is 408 g/mol. The molecule has 154 valence electrons. The second-order valence-corrected chi connectivity index (χ2v) is 8.96. The van der Waals surface area contributed by atoms with Crippen molar-refractivity contribution in [1.82, 2.24) is 19.6 Å². The SMILES string of the molecule is COC(=O)CCNS(=O)(=O)c1ccc2c(c1)nc(CCC1CCNCC1)n2C. The molecule has 2 heterocycles. The summed E-state index contributed by atoms with van der Waals surface area (Å²) in [6.07, 6.45) is 4.37. The van der Waals surface area contributed by atoms with Crippen LogP contribution >= 0.6 is 0 Å². The van der Waals surface area contributed by atoms with Gasteiger partial charge in [-0.1, -0.05) is 0 Å². The second kappa shape index (κ2) is 9.02. The summed E-state index contributed by atoms with van der Waals surface area (Å²) in [6, 6.07) is 4.94. The number of esters is 1. The number of aromatic nitrogens is 2. The van der Waals surface area contributed by atoms with Gasteiger partial charge in [-0.3, -0.25) is 4.79 Å². The summed E-state index contributed by atoms with van der Waals surface area (Å²) >= 11 is 0. The van der Waals surface area contributed by atoms with Crippen LogP contribution in [0.5, 0.6) is 0 Å². The van der Waals surface area contributed by atoms with E-state index in [-0.39, 0.29) is 17.9 Å². The van der Waals surface area contributed by atoms with Crippen molar-refractivity contribution in [2.24, 2.45) is 13.0 Å². The Morgan fingerprint density at radius 3 is 2.82 bits per heavy atom. The molecule has 0 saturated carbocycles. The van der Waals surface area contributed by atoms with Crippen LogP contribution in [-0.4, -0.2) is 50.7 Å². The molecule has 1 saturated heterocycles. The number of fused-ring (bicyclic) bond motifs is 1. The van der Waals surface area contributed by atoms with Crippen LogP contribution < -0.4 is 10.0 Å². The first-order valence-corrected chi connectivity index (χ1v) is 11.1. The average molecular weight is 409 g/mol. The van der Waals surface area contributed by atoms with Crippen LogP contribution in [0, 0.1) is 5.92 Å². The van der Waals surface area contributed by atoms with Crippen LogP contribution in [0.15, 0.2) is 23.1 Å². The number of benzene rings is 1. The molecule has 0 radical (unpaired) electrons. The van der Waals surface area contributed by atoms with E-state index in [9.17, 15) is 13.2 Å². The van der Waals surface area contributed by atoms with Crippen molar-refractivity contribution in [1.29, 1.82) is 0 Å². The fraction of sp³-hybridized carbons (Fsp3) is 0.579. The molecule has 0 aliphatic carbocycles. The van der Waals surface area contributed by atoms with Crippen LogP contribution in [0.3, 0.4) is 0 Å². The first kappa shape index (κ1) is 20.8. The summed E-state index contributed by atoms with van der Waals surface area (Å²) < 4.78 is 33.9. The Kier molecular flexibility index (Phi) is 6.69. The van der Waals surface area contributed by atoms with E-state index in [0.29, 0.717) is 5.52 Å². The highest BCUT2D eigenvalue weighted by molar-refractivity contribution is 7.89. The molecule has 2 N–H and O–H groups in total. The minimum atomic E-state index is -3.70. The molecule has 1 aromatic carbocycles. The molecule has 9 heteroatoms. The summed E-state index contributed by atoms with van der Waals surface area (Å²) in [4.78, 5) is 16.0. The Morgan fingerprint density at radius 2 is 2.11 bits per heavy atom. The fourth-order valence-corrected chi connectivity index (χ4v) is 4.65. The molecule has 1 aliphatic heterocycles. The maximum Gasteiger partial charge on any atom is 0.306 e. The molecule has 0 bridgehead atoms. The minimum Gasteiger partial charge on any atom is -0.469 e. The van der Waals surface area contributed by atoms with Gasteiger partial charge in [-0.25, -0.2) is 18.1 Å². The van der Waals surface area contributed by atoms with Gasteiger partial charge in [0.05, 0.1) is 29.5 Å². The summed E-state index contributed by atoms with van der Waals surface area (Å²) in [5.74, 6) is 1.24. The van der Waals surface area contributed by atoms with Gasteiger partial charge in [0.1, 0.15) is 5.82 Å².